The average molecular weight is 353 g/mol. The molecule has 3 heterocycles. The Kier molecular flexibility index (Phi) is 5.00. The van der Waals surface area contributed by atoms with Crippen LogP contribution >= 0.6 is 0 Å². The van der Waals surface area contributed by atoms with Crippen molar-refractivity contribution in [3.63, 3.8) is 0 Å². The summed E-state index contributed by atoms with van der Waals surface area (Å²) in [5.74, 6) is 0.862. The average Bonchev–Trinajstić information content (AvgIpc) is 2.62. The fraction of sp³-hybridized carbons (Fsp3) is 0.500. The van der Waals surface area contributed by atoms with Crippen molar-refractivity contribution in [1.29, 1.82) is 0 Å². The van der Waals surface area contributed by atoms with Gasteiger partial charge in [0.2, 0.25) is 0 Å². The van der Waals surface area contributed by atoms with Gasteiger partial charge >= 0.3 is 12.2 Å². The van der Waals surface area contributed by atoms with Crippen molar-refractivity contribution in [3.8, 4) is 6.01 Å². The molecule has 0 spiro atoms. The van der Waals surface area contributed by atoms with Crippen molar-refractivity contribution in [2.45, 2.75) is 38.5 Å². The number of halogens is 3. The number of rotatable bonds is 4. The quantitative estimate of drug-likeness (QED) is 0.842. The number of ether oxygens (including phenoxy) is 1. The molecule has 2 aromatic rings. The van der Waals surface area contributed by atoms with Gasteiger partial charge < -0.3 is 9.64 Å². The van der Waals surface area contributed by atoms with Gasteiger partial charge in [0, 0.05) is 43.9 Å². The summed E-state index contributed by atoms with van der Waals surface area (Å²) in [6, 6.07) is 2.55. The zero-order chi connectivity index (χ0) is 17.9. The molecule has 1 fully saturated rings. The molecule has 6 nitrogen and oxygen atoms in total. The fourth-order valence-electron chi connectivity index (χ4n) is 2.66. The lowest BCUT2D eigenvalue weighted by molar-refractivity contribution is -0.141. The standard InChI is InChI=1S/C16H18F3N5O/c1-2-11-9-14(22-10-21-11)24-7-4-12(5-8-24)25-15-20-6-3-13(23-15)16(17,18)19/h3,6,9-10,12H,2,4-5,7-8H2,1H3. The van der Waals surface area contributed by atoms with Crippen molar-refractivity contribution in [3.05, 3.63) is 36.0 Å². The number of piperidine rings is 1. The lowest BCUT2D eigenvalue weighted by Gasteiger charge is -2.32. The largest absolute Gasteiger partial charge is 0.460 e. The molecule has 0 aliphatic carbocycles. The summed E-state index contributed by atoms with van der Waals surface area (Å²) in [5.41, 5.74) is -0.0243. The highest BCUT2D eigenvalue weighted by molar-refractivity contribution is 5.39. The normalized spacial score (nSPS) is 16.1. The molecule has 25 heavy (non-hydrogen) atoms. The molecule has 2 aromatic heterocycles. The van der Waals surface area contributed by atoms with Crippen molar-refractivity contribution in [1.82, 2.24) is 19.9 Å². The molecule has 134 valence electrons. The SMILES string of the molecule is CCc1cc(N2CCC(Oc3nccc(C(F)(F)F)n3)CC2)ncn1. The van der Waals surface area contributed by atoms with E-state index in [9.17, 15) is 13.2 Å². The third-order valence-electron chi connectivity index (χ3n) is 4.03. The van der Waals surface area contributed by atoms with Crippen molar-refractivity contribution in [2.24, 2.45) is 0 Å². The summed E-state index contributed by atoms with van der Waals surface area (Å²) in [4.78, 5) is 17.8. The maximum Gasteiger partial charge on any atom is 0.433 e. The highest BCUT2D eigenvalue weighted by atomic mass is 19.4. The van der Waals surface area contributed by atoms with Crippen LogP contribution in [0.25, 0.3) is 0 Å². The molecule has 0 atom stereocenters. The molecule has 1 aliphatic rings. The second-order valence-electron chi connectivity index (χ2n) is 5.75. The van der Waals surface area contributed by atoms with Crippen LogP contribution in [0.15, 0.2) is 24.7 Å². The van der Waals surface area contributed by atoms with E-state index < -0.39 is 11.9 Å². The first-order valence-electron chi connectivity index (χ1n) is 8.08. The molecule has 1 saturated heterocycles. The first-order valence-corrected chi connectivity index (χ1v) is 8.08. The van der Waals surface area contributed by atoms with Gasteiger partial charge in [0.1, 0.15) is 18.2 Å². The van der Waals surface area contributed by atoms with Gasteiger partial charge in [-0.2, -0.15) is 18.2 Å². The fourth-order valence-corrected chi connectivity index (χ4v) is 2.66. The number of hydrogen-bond donors (Lipinski definition) is 0. The van der Waals surface area contributed by atoms with Gasteiger partial charge in [-0.05, 0) is 12.5 Å². The molecule has 9 heteroatoms. The first-order chi connectivity index (χ1) is 12.0. The molecular formula is C16H18F3N5O. The van der Waals surface area contributed by atoms with Crippen LogP contribution in [0.1, 0.15) is 31.2 Å². The van der Waals surface area contributed by atoms with E-state index in [1.54, 1.807) is 6.33 Å². The van der Waals surface area contributed by atoms with Crippen LogP contribution in [0.3, 0.4) is 0 Å². The number of nitrogens with zero attached hydrogens (tertiary/aromatic N) is 5. The molecule has 0 radical (unpaired) electrons. The van der Waals surface area contributed by atoms with Gasteiger partial charge in [0.05, 0.1) is 0 Å². The van der Waals surface area contributed by atoms with Crippen molar-refractivity contribution < 1.29 is 17.9 Å². The van der Waals surface area contributed by atoms with E-state index in [2.05, 4.69) is 24.8 Å². The Morgan fingerprint density at radius 1 is 1.20 bits per heavy atom. The second kappa shape index (κ2) is 7.20. The highest BCUT2D eigenvalue weighted by Gasteiger charge is 2.33. The molecule has 1 aliphatic heterocycles. The van der Waals surface area contributed by atoms with Crippen LogP contribution in [0.4, 0.5) is 19.0 Å². The Morgan fingerprint density at radius 2 is 1.96 bits per heavy atom. The van der Waals surface area contributed by atoms with Gasteiger partial charge in [0.25, 0.3) is 0 Å². The van der Waals surface area contributed by atoms with E-state index in [4.69, 9.17) is 4.74 Å². The number of alkyl halides is 3. The summed E-state index contributed by atoms with van der Waals surface area (Å²) in [7, 11) is 0. The number of aryl methyl sites for hydroxylation is 1. The van der Waals surface area contributed by atoms with Gasteiger partial charge in [-0.3, -0.25) is 0 Å². The van der Waals surface area contributed by atoms with Crippen LogP contribution in [0, 0.1) is 0 Å². The summed E-state index contributed by atoms with van der Waals surface area (Å²) in [6.45, 7) is 3.43. The summed E-state index contributed by atoms with van der Waals surface area (Å²) in [6.07, 6.45) is 0.0416. The summed E-state index contributed by atoms with van der Waals surface area (Å²) in [5, 5.41) is 0. The molecular weight excluding hydrogens is 335 g/mol. The minimum absolute atomic E-state index is 0.216. The highest BCUT2D eigenvalue weighted by Crippen LogP contribution is 2.28. The van der Waals surface area contributed by atoms with E-state index in [-0.39, 0.29) is 12.1 Å². The monoisotopic (exact) mass is 353 g/mol. The Balaban J connectivity index is 1.59. The molecule has 0 N–H and O–H groups in total. The molecule has 0 unspecified atom stereocenters. The predicted molar refractivity (Wildman–Crippen MR) is 84.3 cm³/mol. The van der Waals surface area contributed by atoms with E-state index in [0.717, 1.165) is 30.2 Å². The number of hydrogen-bond acceptors (Lipinski definition) is 6. The van der Waals surface area contributed by atoms with Crippen LogP contribution in [0.5, 0.6) is 6.01 Å². The molecule has 0 aromatic carbocycles. The lowest BCUT2D eigenvalue weighted by Crippen LogP contribution is -2.39. The maximum atomic E-state index is 12.7. The topological polar surface area (TPSA) is 64.0 Å². The number of anilines is 1. The van der Waals surface area contributed by atoms with E-state index in [0.29, 0.717) is 25.9 Å². The molecule has 0 amide bonds. The summed E-state index contributed by atoms with van der Waals surface area (Å²) >= 11 is 0. The Morgan fingerprint density at radius 3 is 2.64 bits per heavy atom. The Hall–Kier alpha value is -2.45. The third kappa shape index (κ3) is 4.34. The van der Waals surface area contributed by atoms with Gasteiger partial charge in [-0.25, -0.2) is 15.0 Å². The minimum Gasteiger partial charge on any atom is -0.460 e. The van der Waals surface area contributed by atoms with Gasteiger partial charge in [-0.1, -0.05) is 6.92 Å². The van der Waals surface area contributed by atoms with Crippen LogP contribution in [-0.2, 0) is 12.6 Å². The zero-order valence-electron chi connectivity index (χ0n) is 13.7. The molecule has 0 bridgehead atoms. The van der Waals surface area contributed by atoms with Crippen LogP contribution in [-0.4, -0.2) is 39.1 Å². The lowest BCUT2D eigenvalue weighted by atomic mass is 10.1. The van der Waals surface area contributed by atoms with Gasteiger partial charge in [-0.15, -0.1) is 0 Å². The maximum absolute atomic E-state index is 12.7. The van der Waals surface area contributed by atoms with E-state index >= 15 is 0 Å². The van der Waals surface area contributed by atoms with Crippen LogP contribution in [0.2, 0.25) is 0 Å². The summed E-state index contributed by atoms with van der Waals surface area (Å²) < 4.78 is 43.6. The van der Waals surface area contributed by atoms with Crippen LogP contribution < -0.4 is 9.64 Å². The smallest absolute Gasteiger partial charge is 0.433 e. The van der Waals surface area contributed by atoms with Crippen molar-refractivity contribution in [2.75, 3.05) is 18.0 Å². The molecule has 0 saturated carbocycles. The first kappa shape index (κ1) is 17.4. The molecule has 3 rings (SSSR count). The Bertz CT molecular complexity index is 717. The second-order valence-corrected chi connectivity index (χ2v) is 5.75. The zero-order valence-corrected chi connectivity index (χ0v) is 13.7. The minimum atomic E-state index is -4.51. The van der Waals surface area contributed by atoms with Gasteiger partial charge in [0.15, 0.2) is 5.69 Å². The predicted octanol–water partition coefficient (Wildman–Crippen LogP) is 2.90. The Labute approximate surface area is 143 Å². The van der Waals surface area contributed by atoms with E-state index in [1.807, 2.05) is 13.0 Å². The third-order valence-corrected chi connectivity index (χ3v) is 4.03. The van der Waals surface area contributed by atoms with E-state index in [1.165, 1.54) is 0 Å². The van der Waals surface area contributed by atoms with Crippen molar-refractivity contribution >= 4 is 5.82 Å². The number of aromatic nitrogens is 4.